The van der Waals surface area contributed by atoms with E-state index >= 15 is 0 Å². The summed E-state index contributed by atoms with van der Waals surface area (Å²) in [6, 6.07) is 5.52. The predicted octanol–water partition coefficient (Wildman–Crippen LogP) is 1.59. The number of carbonyl (C=O) groups is 1. The Labute approximate surface area is 102 Å². The van der Waals surface area contributed by atoms with Crippen molar-refractivity contribution in [2.24, 2.45) is 5.73 Å². The molecule has 0 saturated carbocycles. The Hall–Kier alpha value is -0.820. The fraction of sp³-hybridized carbons (Fsp3) is 0.300. The second-order valence-corrected chi connectivity index (χ2v) is 4.09. The lowest BCUT2D eigenvalue weighted by molar-refractivity contribution is -0.116. The van der Waals surface area contributed by atoms with Crippen LogP contribution in [0.3, 0.4) is 0 Å². The maximum Gasteiger partial charge on any atom is 0.225 e. The van der Waals surface area contributed by atoms with E-state index in [1.165, 1.54) is 0 Å². The monoisotopic (exact) mass is 320 g/mol. The van der Waals surface area contributed by atoms with Crippen LogP contribution in [-0.2, 0) is 4.79 Å². The molecular formula is C10H13IN2O2. The summed E-state index contributed by atoms with van der Waals surface area (Å²) in [7, 11) is 1.59. The molecule has 82 valence electrons. The maximum absolute atomic E-state index is 11.3. The Morgan fingerprint density at radius 3 is 2.93 bits per heavy atom. The highest BCUT2D eigenvalue weighted by Gasteiger charge is 2.05. The topological polar surface area (TPSA) is 64.3 Å². The smallest absolute Gasteiger partial charge is 0.225 e. The lowest BCUT2D eigenvalue weighted by Gasteiger charge is -2.08. The summed E-state index contributed by atoms with van der Waals surface area (Å²) >= 11 is 2.15. The lowest BCUT2D eigenvalue weighted by atomic mass is 10.3. The van der Waals surface area contributed by atoms with Crippen molar-refractivity contribution in [2.75, 3.05) is 19.0 Å². The van der Waals surface area contributed by atoms with Crippen LogP contribution in [0, 0.1) is 3.57 Å². The van der Waals surface area contributed by atoms with Crippen molar-refractivity contribution in [2.45, 2.75) is 6.42 Å². The average Bonchev–Trinajstić information content (AvgIpc) is 2.21. The molecule has 0 unspecified atom stereocenters. The molecular weight excluding hydrogens is 307 g/mol. The molecule has 1 rings (SSSR count). The summed E-state index contributed by atoms with van der Waals surface area (Å²) in [5, 5.41) is 2.78. The van der Waals surface area contributed by atoms with Crippen LogP contribution < -0.4 is 15.8 Å². The molecule has 1 aromatic carbocycles. The molecule has 1 amide bonds. The Morgan fingerprint density at radius 2 is 2.33 bits per heavy atom. The van der Waals surface area contributed by atoms with E-state index in [0.29, 0.717) is 13.0 Å². The van der Waals surface area contributed by atoms with Crippen molar-refractivity contribution in [3.8, 4) is 5.75 Å². The molecule has 0 atom stereocenters. The number of halogens is 1. The highest BCUT2D eigenvalue weighted by molar-refractivity contribution is 14.1. The largest absolute Gasteiger partial charge is 0.497 e. The van der Waals surface area contributed by atoms with Gasteiger partial charge in [-0.05, 0) is 34.7 Å². The standard InChI is InChI=1S/C10H13IN2O2/c1-15-7-2-3-8(11)9(6-7)13-10(14)4-5-12/h2-3,6H,4-5,12H2,1H3,(H,13,14). The third-order valence-electron chi connectivity index (χ3n) is 1.82. The molecule has 0 aromatic heterocycles. The number of amides is 1. The quantitative estimate of drug-likeness (QED) is 0.828. The van der Waals surface area contributed by atoms with Gasteiger partial charge >= 0.3 is 0 Å². The lowest BCUT2D eigenvalue weighted by Crippen LogP contribution is -2.16. The van der Waals surface area contributed by atoms with Gasteiger partial charge in [0.1, 0.15) is 5.75 Å². The first-order valence-electron chi connectivity index (χ1n) is 4.51. The van der Waals surface area contributed by atoms with E-state index in [-0.39, 0.29) is 5.91 Å². The Morgan fingerprint density at radius 1 is 1.60 bits per heavy atom. The summed E-state index contributed by atoms with van der Waals surface area (Å²) in [5.74, 6) is 0.641. The summed E-state index contributed by atoms with van der Waals surface area (Å²) in [5.41, 5.74) is 6.05. The van der Waals surface area contributed by atoms with Crippen LogP contribution in [0.15, 0.2) is 18.2 Å². The zero-order valence-corrected chi connectivity index (χ0v) is 10.6. The Balaban J connectivity index is 2.79. The number of ether oxygens (including phenoxy) is 1. The first-order valence-corrected chi connectivity index (χ1v) is 5.58. The Bertz CT molecular complexity index is 355. The van der Waals surface area contributed by atoms with E-state index in [9.17, 15) is 4.79 Å². The minimum Gasteiger partial charge on any atom is -0.497 e. The van der Waals surface area contributed by atoms with E-state index < -0.39 is 0 Å². The van der Waals surface area contributed by atoms with Crippen LogP contribution in [0.1, 0.15) is 6.42 Å². The molecule has 4 nitrogen and oxygen atoms in total. The van der Waals surface area contributed by atoms with E-state index in [4.69, 9.17) is 10.5 Å². The summed E-state index contributed by atoms with van der Waals surface area (Å²) in [4.78, 5) is 11.3. The highest BCUT2D eigenvalue weighted by Crippen LogP contribution is 2.23. The van der Waals surface area contributed by atoms with Crippen molar-refractivity contribution in [1.29, 1.82) is 0 Å². The van der Waals surface area contributed by atoms with Crippen LogP contribution >= 0.6 is 22.6 Å². The molecule has 0 heterocycles. The summed E-state index contributed by atoms with van der Waals surface area (Å²) in [6.07, 6.45) is 0.327. The van der Waals surface area contributed by atoms with Crippen molar-refractivity contribution in [3.63, 3.8) is 0 Å². The van der Waals surface area contributed by atoms with Gasteiger partial charge in [-0.15, -0.1) is 0 Å². The van der Waals surface area contributed by atoms with Crippen molar-refractivity contribution in [1.82, 2.24) is 0 Å². The Kier molecular flexibility index (Phi) is 4.83. The van der Waals surface area contributed by atoms with Gasteiger partial charge in [0.2, 0.25) is 5.91 Å². The van der Waals surface area contributed by atoms with Gasteiger partial charge in [0.15, 0.2) is 0 Å². The van der Waals surface area contributed by atoms with Gasteiger partial charge in [0, 0.05) is 22.6 Å². The molecule has 0 radical (unpaired) electrons. The second-order valence-electron chi connectivity index (χ2n) is 2.93. The fourth-order valence-electron chi connectivity index (χ4n) is 1.07. The number of nitrogens with two attached hydrogens (primary N) is 1. The van der Waals surface area contributed by atoms with Gasteiger partial charge < -0.3 is 15.8 Å². The molecule has 0 saturated heterocycles. The maximum atomic E-state index is 11.3. The first-order chi connectivity index (χ1) is 7.17. The van der Waals surface area contributed by atoms with E-state index in [2.05, 4.69) is 27.9 Å². The van der Waals surface area contributed by atoms with Crippen LogP contribution in [0.25, 0.3) is 0 Å². The van der Waals surface area contributed by atoms with Crippen LogP contribution in [0.2, 0.25) is 0 Å². The van der Waals surface area contributed by atoms with Gasteiger partial charge in [-0.2, -0.15) is 0 Å². The van der Waals surface area contributed by atoms with Gasteiger partial charge in [-0.25, -0.2) is 0 Å². The first kappa shape index (κ1) is 12.3. The number of rotatable bonds is 4. The molecule has 1 aromatic rings. The molecule has 0 spiro atoms. The molecule has 5 heteroatoms. The number of hydrogen-bond donors (Lipinski definition) is 2. The number of anilines is 1. The summed E-state index contributed by atoms with van der Waals surface area (Å²) in [6.45, 7) is 0.354. The zero-order chi connectivity index (χ0) is 11.3. The number of methoxy groups -OCH3 is 1. The minimum absolute atomic E-state index is 0.0799. The molecule has 3 N–H and O–H groups in total. The normalized spacial score (nSPS) is 9.80. The molecule has 0 fully saturated rings. The van der Waals surface area contributed by atoms with E-state index in [1.54, 1.807) is 13.2 Å². The third-order valence-corrected chi connectivity index (χ3v) is 2.76. The van der Waals surface area contributed by atoms with Gasteiger partial charge in [0.25, 0.3) is 0 Å². The number of hydrogen-bond acceptors (Lipinski definition) is 3. The average molecular weight is 320 g/mol. The number of nitrogens with one attached hydrogen (secondary N) is 1. The molecule has 0 aliphatic rings. The van der Waals surface area contributed by atoms with E-state index in [0.717, 1.165) is 15.0 Å². The van der Waals surface area contributed by atoms with Gasteiger partial charge in [-0.1, -0.05) is 0 Å². The third kappa shape index (κ3) is 3.67. The van der Waals surface area contributed by atoms with Crippen molar-refractivity contribution >= 4 is 34.2 Å². The van der Waals surface area contributed by atoms with Crippen molar-refractivity contribution < 1.29 is 9.53 Å². The molecule has 15 heavy (non-hydrogen) atoms. The van der Waals surface area contributed by atoms with Gasteiger partial charge in [0.05, 0.1) is 12.8 Å². The second kappa shape index (κ2) is 5.92. The van der Waals surface area contributed by atoms with Crippen LogP contribution in [0.5, 0.6) is 5.75 Å². The fourth-order valence-corrected chi connectivity index (χ4v) is 1.54. The molecule has 0 aliphatic heterocycles. The van der Waals surface area contributed by atoms with Gasteiger partial charge in [-0.3, -0.25) is 4.79 Å². The number of benzene rings is 1. The van der Waals surface area contributed by atoms with Crippen LogP contribution in [0.4, 0.5) is 5.69 Å². The number of carbonyl (C=O) groups excluding carboxylic acids is 1. The predicted molar refractivity (Wildman–Crippen MR) is 68.0 cm³/mol. The zero-order valence-electron chi connectivity index (χ0n) is 8.42. The molecule has 0 aliphatic carbocycles. The SMILES string of the molecule is COc1ccc(I)c(NC(=O)CCN)c1. The minimum atomic E-state index is -0.0799. The van der Waals surface area contributed by atoms with Crippen molar-refractivity contribution in [3.05, 3.63) is 21.8 Å². The molecule has 0 bridgehead atoms. The van der Waals surface area contributed by atoms with Crippen LogP contribution in [-0.4, -0.2) is 19.6 Å². The highest BCUT2D eigenvalue weighted by atomic mass is 127. The van der Waals surface area contributed by atoms with E-state index in [1.807, 2.05) is 12.1 Å². The summed E-state index contributed by atoms with van der Waals surface area (Å²) < 4.78 is 6.04.